The minimum Gasteiger partial charge on any atom is -0.494 e. The second-order valence-corrected chi connectivity index (χ2v) is 4.12. The molecule has 0 spiro atoms. The molecule has 0 aliphatic heterocycles. The Kier molecular flexibility index (Phi) is 4.25. The summed E-state index contributed by atoms with van der Waals surface area (Å²) < 4.78 is 10.7. The van der Waals surface area contributed by atoms with Crippen LogP contribution in [0.5, 0.6) is 5.75 Å². The van der Waals surface area contributed by atoms with Gasteiger partial charge in [-0.25, -0.2) is 5.43 Å². The topological polar surface area (TPSA) is 60.4 Å². The molecular weight excluding hydrogens is 252 g/mol. The second-order valence-electron chi connectivity index (χ2n) is 3.74. The van der Waals surface area contributed by atoms with Gasteiger partial charge in [0.25, 0.3) is 0 Å². The van der Waals surface area contributed by atoms with Gasteiger partial charge in [0.1, 0.15) is 17.6 Å². The van der Waals surface area contributed by atoms with Crippen LogP contribution in [0.4, 0.5) is 0 Å². The van der Waals surface area contributed by atoms with Gasteiger partial charge in [0, 0.05) is 0 Å². The maximum Gasteiger partial charge on any atom is 0.193 e. The average molecular weight is 267 g/mol. The molecule has 0 fully saturated rings. The van der Waals surface area contributed by atoms with Gasteiger partial charge in [-0.1, -0.05) is 12.1 Å². The molecule has 2 rings (SSSR count). The molecule has 3 N–H and O–H groups in total. The van der Waals surface area contributed by atoms with E-state index in [-0.39, 0.29) is 6.04 Å². The van der Waals surface area contributed by atoms with E-state index in [1.54, 1.807) is 12.1 Å². The van der Waals surface area contributed by atoms with Crippen molar-refractivity contribution in [1.82, 2.24) is 5.43 Å². The fraction of sp³-hybridized carbons (Fsp3) is 0.231. The summed E-state index contributed by atoms with van der Waals surface area (Å²) in [6, 6.07) is 10.9. The Labute approximate surface area is 111 Å². The van der Waals surface area contributed by atoms with Crippen LogP contribution in [0, 0.1) is 0 Å². The molecule has 96 valence electrons. The standard InChI is InChI=1S/C13H15ClN2O2/c1-2-17-10-5-3-9(4-6-10)13(16-15)11-7-8-12(14)18-11/h3-8,13,16H,2,15H2,1H3. The van der Waals surface area contributed by atoms with Gasteiger partial charge in [0.2, 0.25) is 0 Å². The lowest BCUT2D eigenvalue weighted by molar-refractivity contribution is 0.340. The maximum absolute atomic E-state index is 5.76. The van der Waals surface area contributed by atoms with Crippen LogP contribution in [0.15, 0.2) is 40.8 Å². The highest BCUT2D eigenvalue weighted by Crippen LogP contribution is 2.26. The molecule has 5 heteroatoms. The van der Waals surface area contributed by atoms with Gasteiger partial charge in [0.05, 0.1) is 6.61 Å². The quantitative estimate of drug-likeness (QED) is 0.645. The molecule has 0 aliphatic rings. The Morgan fingerprint density at radius 2 is 2.00 bits per heavy atom. The molecule has 1 aromatic carbocycles. The molecule has 0 saturated carbocycles. The summed E-state index contributed by atoms with van der Waals surface area (Å²) in [6.45, 7) is 2.59. The van der Waals surface area contributed by atoms with Gasteiger partial charge in [-0.2, -0.15) is 0 Å². The van der Waals surface area contributed by atoms with Crippen molar-refractivity contribution >= 4 is 11.6 Å². The lowest BCUT2D eigenvalue weighted by atomic mass is 10.1. The summed E-state index contributed by atoms with van der Waals surface area (Å²) in [5.74, 6) is 7.06. The van der Waals surface area contributed by atoms with Crippen LogP contribution in [0.25, 0.3) is 0 Å². The summed E-state index contributed by atoms with van der Waals surface area (Å²) in [5.41, 5.74) is 3.68. The van der Waals surface area contributed by atoms with E-state index in [2.05, 4.69) is 5.43 Å². The van der Waals surface area contributed by atoms with E-state index in [9.17, 15) is 0 Å². The van der Waals surface area contributed by atoms with Gasteiger partial charge in [0.15, 0.2) is 5.22 Å². The van der Waals surface area contributed by atoms with Crippen molar-refractivity contribution in [3.05, 3.63) is 52.9 Å². The van der Waals surface area contributed by atoms with Crippen LogP contribution in [0.3, 0.4) is 0 Å². The van der Waals surface area contributed by atoms with Crippen molar-refractivity contribution in [1.29, 1.82) is 0 Å². The van der Waals surface area contributed by atoms with Crippen molar-refractivity contribution in [3.63, 3.8) is 0 Å². The molecule has 4 nitrogen and oxygen atoms in total. The zero-order valence-electron chi connectivity index (χ0n) is 10.0. The smallest absolute Gasteiger partial charge is 0.193 e. The first-order chi connectivity index (χ1) is 8.74. The summed E-state index contributed by atoms with van der Waals surface area (Å²) >= 11 is 5.76. The van der Waals surface area contributed by atoms with E-state index >= 15 is 0 Å². The van der Waals surface area contributed by atoms with E-state index in [0.29, 0.717) is 17.6 Å². The first kappa shape index (κ1) is 13.0. The lowest BCUT2D eigenvalue weighted by Crippen LogP contribution is -2.28. The zero-order valence-corrected chi connectivity index (χ0v) is 10.8. The number of nitrogens with two attached hydrogens (primary N) is 1. The van der Waals surface area contributed by atoms with Gasteiger partial charge in [-0.05, 0) is 48.4 Å². The predicted octanol–water partition coefficient (Wildman–Crippen LogP) is 2.88. The molecule has 0 radical (unpaired) electrons. The van der Waals surface area contributed by atoms with Crippen LogP contribution in [-0.2, 0) is 0 Å². The highest BCUT2D eigenvalue weighted by Gasteiger charge is 2.16. The maximum atomic E-state index is 5.76. The van der Waals surface area contributed by atoms with E-state index in [1.807, 2.05) is 31.2 Å². The van der Waals surface area contributed by atoms with Crippen LogP contribution in [0.1, 0.15) is 24.3 Å². The summed E-state index contributed by atoms with van der Waals surface area (Å²) in [6.07, 6.45) is 0. The number of hydrogen-bond donors (Lipinski definition) is 2. The normalized spacial score (nSPS) is 12.4. The number of rotatable bonds is 5. The molecule has 1 unspecified atom stereocenters. The predicted molar refractivity (Wildman–Crippen MR) is 70.5 cm³/mol. The molecule has 1 atom stereocenters. The Hall–Kier alpha value is -1.49. The Morgan fingerprint density at radius 1 is 1.28 bits per heavy atom. The van der Waals surface area contributed by atoms with Gasteiger partial charge < -0.3 is 9.15 Å². The Morgan fingerprint density at radius 3 is 2.50 bits per heavy atom. The summed E-state index contributed by atoms with van der Waals surface area (Å²) in [7, 11) is 0. The number of benzene rings is 1. The van der Waals surface area contributed by atoms with E-state index in [4.69, 9.17) is 26.6 Å². The van der Waals surface area contributed by atoms with Crippen molar-refractivity contribution in [2.24, 2.45) is 5.84 Å². The third kappa shape index (κ3) is 2.85. The molecule has 0 bridgehead atoms. The van der Waals surface area contributed by atoms with Gasteiger partial charge in [-0.3, -0.25) is 5.84 Å². The number of furan rings is 1. The monoisotopic (exact) mass is 266 g/mol. The van der Waals surface area contributed by atoms with Crippen molar-refractivity contribution in [3.8, 4) is 5.75 Å². The fourth-order valence-electron chi connectivity index (χ4n) is 1.75. The van der Waals surface area contributed by atoms with E-state index in [1.165, 1.54) is 0 Å². The molecule has 0 amide bonds. The second kappa shape index (κ2) is 5.91. The zero-order chi connectivity index (χ0) is 13.0. The van der Waals surface area contributed by atoms with Crippen LogP contribution >= 0.6 is 11.6 Å². The van der Waals surface area contributed by atoms with Gasteiger partial charge in [-0.15, -0.1) is 0 Å². The first-order valence-electron chi connectivity index (χ1n) is 5.68. The number of hydrogen-bond acceptors (Lipinski definition) is 4. The first-order valence-corrected chi connectivity index (χ1v) is 6.06. The third-order valence-corrected chi connectivity index (χ3v) is 2.77. The molecule has 1 aromatic heterocycles. The van der Waals surface area contributed by atoms with Crippen molar-refractivity contribution < 1.29 is 9.15 Å². The van der Waals surface area contributed by atoms with Crippen LogP contribution in [-0.4, -0.2) is 6.61 Å². The number of halogens is 1. The van der Waals surface area contributed by atoms with Crippen molar-refractivity contribution in [2.75, 3.05) is 6.61 Å². The molecule has 1 heterocycles. The minimum atomic E-state index is -0.229. The highest BCUT2D eigenvalue weighted by atomic mass is 35.5. The number of hydrazine groups is 1. The lowest BCUT2D eigenvalue weighted by Gasteiger charge is -2.14. The molecule has 18 heavy (non-hydrogen) atoms. The number of ether oxygens (including phenoxy) is 1. The average Bonchev–Trinajstić information content (AvgIpc) is 2.79. The van der Waals surface area contributed by atoms with E-state index < -0.39 is 0 Å². The third-order valence-electron chi connectivity index (χ3n) is 2.57. The van der Waals surface area contributed by atoms with E-state index in [0.717, 1.165) is 11.3 Å². The largest absolute Gasteiger partial charge is 0.494 e. The minimum absolute atomic E-state index is 0.229. The summed E-state index contributed by atoms with van der Waals surface area (Å²) in [5, 5.41) is 0.344. The number of nitrogens with one attached hydrogen (secondary N) is 1. The summed E-state index contributed by atoms with van der Waals surface area (Å²) in [4.78, 5) is 0. The Bertz CT molecular complexity index is 496. The van der Waals surface area contributed by atoms with Crippen LogP contribution < -0.4 is 16.0 Å². The molecule has 0 saturated heterocycles. The Balaban J connectivity index is 2.22. The fourth-order valence-corrected chi connectivity index (χ4v) is 1.90. The molecule has 0 aliphatic carbocycles. The molecular formula is C13H15ClN2O2. The highest BCUT2D eigenvalue weighted by molar-refractivity contribution is 6.28. The van der Waals surface area contributed by atoms with Crippen LogP contribution in [0.2, 0.25) is 5.22 Å². The van der Waals surface area contributed by atoms with Gasteiger partial charge >= 0.3 is 0 Å². The SMILES string of the molecule is CCOc1ccc(C(NN)c2ccc(Cl)o2)cc1. The van der Waals surface area contributed by atoms with Crippen molar-refractivity contribution in [2.45, 2.75) is 13.0 Å². The molecule has 2 aromatic rings.